The molecule has 3 N–H and O–H groups in total. The summed E-state index contributed by atoms with van der Waals surface area (Å²) >= 11 is 0. The molecule has 0 saturated heterocycles. The lowest BCUT2D eigenvalue weighted by Gasteiger charge is -2.10. The number of imidazole rings is 1. The van der Waals surface area contributed by atoms with Crippen LogP contribution in [0.4, 0.5) is 11.4 Å². The second-order valence-corrected chi connectivity index (χ2v) is 6.69. The summed E-state index contributed by atoms with van der Waals surface area (Å²) in [6.45, 7) is -0.296. The highest BCUT2D eigenvalue weighted by Gasteiger charge is 2.14. The van der Waals surface area contributed by atoms with E-state index in [9.17, 15) is 19.7 Å². The standard InChI is InChI=1S/C22H17N5O4/c28-20(13-23-22(29)14-6-5-7-15(12-14)27(30)31)24-17-9-2-1-8-16(17)21-25-18-10-3-4-11-19(18)26-21/h1-12H,13H2,(H,23,29)(H,24,28)(H,25,26). The molecule has 154 valence electrons. The van der Waals surface area contributed by atoms with Crippen LogP contribution >= 0.6 is 0 Å². The zero-order valence-electron chi connectivity index (χ0n) is 16.2. The van der Waals surface area contributed by atoms with Crippen LogP contribution in [-0.2, 0) is 4.79 Å². The van der Waals surface area contributed by atoms with Gasteiger partial charge in [0.15, 0.2) is 0 Å². The molecule has 0 fully saturated rings. The van der Waals surface area contributed by atoms with Gasteiger partial charge in [0.2, 0.25) is 5.91 Å². The van der Waals surface area contributed by atoms with E-state index in [1.54, 1.807) is 12.1 Å². The van der Waals surface area contributed by atoms with Crippen molar-refractivity contribution in [1.29, 1.82) is 0 Å². The van der Waals surface area contributed by atoms with Gasteiger partial charge in [0, 0.05) is 23.3 Å². The molecule has 0 aliphatic rings. The number of nitro benzene ring substituents is 1. The van der Waals surface area contributed by atoms with E-state index in [1.165, 1.54) is 18.2 Å². The van der Waals surface area contributed by atoms with Crippen molar-refractivity contribution in [3.63, 3.8) is 0 Å². The quantitative estimate of drug-likeness (QED) is 0.328. The van der Waals surface area contributed by atoms with Crippen LogP contribution < -0.4 is 10.6 Å². The highest BCUT2D eigenvalue weighted by molar-refractivity contribution is 6.01. The number of hydrogen-bond acceptors (Lipinski definition) is 5. The molecule has 0 spiro atoms. The fourth-order valence-corrected chi connectivity index (χ4v) is 3.10. The van der Waals surface area contributed by atoms with Gasteiger partial charge < -0.3 is 15.6 Å². The van der Waals surface area contributed by atoms with Crippen molar-refractivity contribution in [2.24, 2.45) is 0 Å². The Morgan fingerprint density at radius 1 is 1.00 bits per heavy atom. The zero-order valence-corrected chi connectivity index (χ0v) is 16.2. The van der Waals surface area contributed by atoms with Crippen LogP contribution in [0, 0.1) is 10.1 Å². The van der Waals surface area contributed by atoms with Crippen molar-refractivity contribution < 1.29 is 14.5 Å². The molecule has 0 saturated carbocycles. The first kappa shape index (κ1) is 19.8. The van der Waals surface area contributed by atoms with E-state index >= 15 is 0 Å². The number of nitro groups is 1. The number of H-pyrrole nitrogens is 1. The average molecular weight is 415 g/mol. The topological polar surface area (TPSA) is 130 Å². The smallest absolute Gasteiger partial charge is 0.270 e. The molecule has 0 unspecified atom stereocenters. The van der Waals surface area contributed by atoms with E-state index in [4.69, 9.17) is 0 Å². The minimum atomic E-state index is -0.585. The van der Waals surface area contributed by atoms with Gasteiger partial charge in [0.25, 0.3) is 11.6 Å². The minimum absolute atomic E-state index is 0.102. The molecule has 1 heterocycles. The number of rotatable bonds is 6. The lowest BCUT2D eigenvalue weighted by atomic mass is 10.1. The van der Waals surface area contributed by atoms with Gasteiger partial charge in [-0.05, 0) is 30.3 Å². The minimum Gasteiger partial charge on any atom is -0.343 e. The number of non-ortho nitro benzene ring substituents is 1. The number of amides is 2. The van der Waals surface area contributed by atoms with E-state index in [0.717, 1.165) is 17.1 Å². The molecule has 3 aromatic carbocycles. The summed E-state index contributed by atoms with van der Waals surface area (Å²) in [5, 5.41) is 16.1. The summed E-state index contributed by atoms with van der Waals surface area (Å²) in [6.07, 6.45) is 0. The van der Waals surface area contributed by atoms with Gasteiger partial charge in [-0.15, -0.1) is 0 Å². The largest absolute Gasteiger partial charge is 0.343 e. The van der Waals surface area contributed by atoms with E-state index in [2.05, 4.69) is 20.6 Å². The highest BCUT2D eigenvalue weighted by atomic mass is 16.6. The SMILES string of the molecule is O=C(CNC(=O)c1cccc([N+](=O)[O-])c1)Nc1ccccc1-c1nc2ccccc2[nH]1. The Balaban J connectivity index is 1.45. The van der Waals surface area contributed by atoms with Gasteiger partial charge in [0.1, 0.15) is 5.82 Å². The monoisotopic (exact) mass is 415 g/mol. The molecule has 4 aromatic rings. The number of para-hydroxylation sites is 3. The Morgan fingerprint density at radius 2 is 1.77 bits per heavy atom. The van der Waals surface area contributed by atoms with Gasteiger partial charge in [-0.2, -0.15) is 0 Å². The van der Waals surface area contributed by atoms with E-state index < -0.39 is 16.7 Å². The maximum absolute atomic E-state index is 12.4. The molecule has 0 atom stereocenters. The molecule has 2 amide bonds. The number of anilines is 1. The summed E-state index contributed by atoms with van der Waals surface area (Å²) in [7, 11) is 0. The fourth-order valence-electron chi connectivity index (χ4n) is 3.10. The molecular weight excluding hydrogens is 398 g/mol. The number of fused-ring (bicyclic) bond motifs is 1. The van der Waals surface area contributed by atoms with E-state index in [1.807, 2.05) is 36.4 Å². The summed E-state index contributed by atoms with van der Waals surface area (Å²) in [5.74, 6) is -0.413. The Kier molecular flexibility index (Phi) is 5.39. The molecule has 0 aliphatic heterocycles. The lowest BCUT2D eigenvalue weighted by molar-refractivity contribution is -0.384. The molecule has 4 rings (SSSR count). The van der Waals surface area contributed by atoms with Crippen molar-refractivity contribution in [2.45, 2.75) is 0 Å². The van der Waals surface area contributed by atoms with Crippen LogP contribution in [0.5, 0.6) is 0 Å². The number of aromatic amines is 1. The van der Waals surface area contributed by atoms with Crippen LogP contribution in [0.3, 0.4) is 0 Å². The molecular formula is C22H17N5O4. The maximum Gasteiger partial charge on any atom is 0.270 e. The Bertz CT molecular complexity index is 1260. The van der Waals surface area contributed by atoms with Crippen LogP contribution in [-0.4, -0.2) is 33.3 Å². The number of hydrogen-bond donors (Lipinski definition) is 3. The van der Waals surface area contributed by atoms with Crippen molar-refractivity contribution in [3.05, 3.63) is 88.5 Å². The molecule has 9 heteroatoms. The molecule has 31 heavy (non-hydrogen) atoms. The van der Waals surface area contributed by atoms with Gasteiger partial charge in [-0.3, -0.25) is 19.7 Å². The van der Waals surface area contributed by atoms with Gasteiger partial charge >= 0.3 is 0 Å². The number of nitrogens with zero attached hydrogens (tertiary/aromatic N) is 2. The zero-order chi connectivity index (χ0) is 21.8. The third-order valence-corrected chi connectivity index (χ3v) is 4.57. The predicted octanol–water partition coefficient (Wildman–Crippen LogP) is 3.51. The number of carbonyl (C=O) groups excluding carboxylic acids is 2. The summed E-state index contributed by atoms with van der Waals surface area (Å²) < 4.78 is 0. The van der Waals surface area contributed by atoms with Crippen molar-refractivity contribution in [3.8, 4) is 11.4 Å². The van der Waals surface area contributed by atoms with E-state index in [-0.39, 0.29) is 17.8 Å². The van der Waals surface area contributed by atoms with Crippen LogP contribution in [0.2, 0.25) is 0 Å². The molecule has 0 aliphatic carbocycles. The molecule has 0 bridgehead atoms. The first-order valence-electron chi connectivity index (χ1n) is 9.38. The number of aromatic nitrogens is 2. The third kappa shape index (κ3) is 4.40. The lowest BCUT2D eigenvalue weighted by Crippen LogP contribution is -2.33. The first-order chi connectivity index (χ1) is 15.0. The Morgan fingerprint density at radius 3 is 2.58 bits per heavy atom. The fraction of sp³-hybridized carbons (Fsp3) is 0.0455. The Labute approximate surface area is 176 Å². The van der Waals surface area contributed by atoms with Crippen molar-refractivity contribution in [1.82, 2.24) is 15.3 Å². The summed E-state index contributed by atoms with van der Waals surface area (Å²) in [4.78, 5) is 42.7. The van der Waals surface area contributed by atoms with Crippen LogP contribution in [0.15, 0.2) is 72.8 Å². The van der Waals surface area contributed by atoms with Crippen LogP contribution in [0.25, 0.3) is 22.4 Å². The third-order valence-electron chi connectivity index (χ3n) is 4.57. The number of nitrogens with one attached hydrogen (secondary N) is 3. The summed E-state index contributed by atoms with van der Waals surface area (Å²) in [6, 6.07) is 20.1. The van der Waals surface area contributed by atoms with Crippen molar-refractivity contribution in [2.75, 3.05) is 11.9 Å². The van der Waals surface area contributed by atoms with Gasteiger partial charge in [-0.25, -0.2) is 4.98 Å². The average Bonchev–Trinajstić information content (AvgIpc) is 3.22. The second-order valence-electron chi connectivity index (χ2n) is 6.69. The highest BCUT2D eigenvalue weighted by Crippen LogP contribution is 2.27. The van der Waals surface area contributed by atoms with Gasteiger partial charge in [0.05, 0.1) is 28.2 Å². The second kappa shape index (κ2) is 8.46. The Hall–Kier alpha value is -4.53. The van der Waals surface area contributed by atoms with E-state index in [0.29, 0.717) is 17.1 Å². The summed E-state index contributed by atoms with van der Waals surface area (Å²) in [5.41, 5.74) is 2.83. The van der Waals surface area contributed by atoms with Crippen LogP contribution in [0.1, 0.15) is 10.4 Å². The van der Waals surface area contributed by atoms with Gasteiger partial charge in [-0.1, -0.05) is 30.3 Å². The van der Waals surface area contributed by atoms with Crippen molar-refractivity contribution >= 4 is 34.2 Å². The maximum atomic E-state index is 12.4. The molecule has 1 aromatic heterocycles. The number of benzene rings is 3. The normalized spacial score (nSPS) is 10.6. The number of carbonyl (C=O) groups is 2. The molecule has 0 radical (unpaired) electrons. The first-order valence-corrected chi connectivity index (χ1v) is 9.38. The molecule has 9 nitrogen and oxygen atoms in total. The predicted molar refractivity (Wildman–Crippen MR) is 116 cm³/mol.